The fourth-order valence-electron chi connectivity index (χ4n) is 2.77. The normalized spacial score (nSPS) is 11.8. The van der Waals surface area contributed by atoms with Crippen LogP contribution in [0.2, 0.25) is 0 Å². The highest BCUT2D eigenvalue weighted by atomic mass is 32.2. The predicted molar refractivity (Wildman–Crippen MR) is 111 cm³/mol. The smallest absolute Gasteiger partial charge is 0.260 e. The average molecular weight is 404 g/mol. The summed E-state index contributed by atoms with van der Waals surface area (Å²) in [5, 5.41) is 4.08. The number of aryl methyl sites for hydroxylation is 2. The quantitative estimate of drug-likeness (QED) is 0.569. The first kappa shape index (κ1) is 21.4. The fourth-order valence-corrected chi connectivity index (χ4v) is 3.74. The van der Waals surface area contributed by atoms with Gasteiger partial charge in [0.05, 0.1) is 24.8 Å². The number of ether oxygens (including phenoxy) is 1. The number of para-hydroxylation sites is 1. The first-order chi connectivity index (χ1) is 13.1. The van der Waals surface area contributed by atoms with Crippen LogP contribution in [0.4, 0.5) is 5.69 Å². The number of amides is 1. The van der Waals surface area contributed by atoms with Crippen molar-refractivity contribution in [2.45, 2.75) is 20.8 Å². The van der Waals surface area contributed by atoms with Crippen LogP contribution in [0, 0.1) is 13.8 Å². The average Bonchev–Trinajstić information content (AvgIpc) is 2.64. The molecule has 0 aliphatic carbocycles. The van der Waals surface area contributed by atoms with Gasteiger partial charge >= 0.3 is 0 Å². The second-order valence-corrected chi connectivity index (χ2v) is 8.38. The molecule has 2 aromatic rings. The Kier molecular flexibility index (Phi) is 6.80. The molecule has 8 heteroatoms. The second-order valence-electron chi connectivity index (χ2n) is 6.47. The van der Waals surface area contributed by atoms with E-state index in [0.717, 1.165) is 33.0 Å². The van der Waals surface area contributed by atoms with Gasteiger partial charge in [0.1, 0.15) is 12.3 Å². The maximum absolute atomic E-state index is 12.4. The van der Waals surface area contributed by atoms with Gasteiger partial charge in [-0.05, 0) is 61.7 Å². The monoisotopic (exact) mass is 403 g/mol. The van der Waals surface area contributed by atoms with Crippen LogP contribution in [0.25, 0.3) is 0 Å². The molecule has 0 aliphatic heterocycles. The topological polar surface area (TPSA) is 88.1 Å². The summed E-state index contributed by atoms with van der Waals surface area (Å²) in [6.45, 7) is 5.01. The van der Waals surface area contributed by atoms with Gasteiger partial charge in [0, 0.05) is 0 Å². The minimum atomic E-state index is -3.65. The highest BCUT2D eigenvalue weighted by Crippen LogP contribution is 2.26. The van der Waals surface area contributed by atoms with E-state index in [9.17, 15) is 13.2 Å². The SMILES string of the molecule is COc1ccc(/C(C)=N\NC(=O)CN(c2c(C)cccc2C)S(C)(=O)=O)cc1. The summed E-state index contributed by atoms with van der Waals surface area (Å²) >= 11 is 0. The molecule has 0 aliphatic rings. The maximum atomic E-state index is 12.4. The molecule has 7 nitrogen and oxygen atoms in total. The molecule has 150 valence electrons. The lowest BCUT2D eigenvalue weighted by Gasteiger charge is -2.25. The molecule has 0 fully saturated rings. The Morgan fingerprint density at radius 2 is 1.68 bits per heavy atom. The number of anilines is 1. The zero-order chi connectivity index (χ0) is 20.9. The molecule has 0 unspecified atom stereocenters. The minimum Gasteiger partial charge on any atom is -0.497 e. The van der Waals surface area contributed by atoms with Crippen molar-refractivity contribution >= 4 is 27.3 Å². The van der Waals surface area contributed by atoms with E-state index in [2.05, 4.69) is 10.5 Å². The Bertz CT molecular complexity index is 963. The van der Waals surface area contributed by atoms with E-state index < -0.39 is 15.9 Å². The van der Waals surface area contributed by atoms with E-state index >= 15 is 0 Å². The first-order valence-electron chi connectivity index (χ1n) is 8.65. The van der Waals surface area contributed by atoms with Crippen LogP contribution in [0.5, 0.6) is 5.75 Å². The number of methoxy groups -OCH3 is 1. The zero-order valence-electron chi connectivity index (χ0n) is 16.7. The van der Waals surface area contributed by atoms with Crippen molar-refractivity contribution in [2.24, 2.45) is 5.10 Å². The van der Waals surface area contributed by atoms with E-state index in [0.29, 0.717) is 11.4 Å². The van der Waals surface area contributed by atoms with E-state index in [1.165, 1.54) is 0 Å². The third kappa shape index (κ3) is 5.32. The first-order valence-corrected chi connectivity index (χ1v) is 10.5. The van der Waals surface area contributed by atoms with Crippen LogP contribution in [0.3, 0.4) is 0 Å². The molecule has 0 saturated carbocycles. The highest BCUT2D eigenvalue weighted by molar-refractivity contribution is 7.92. The Labute approximate surface area is 166 Å². The fraction of sp³-hybridized carbons (Fsp3) is 0.300. The highest BCUT2D eigenvalue weighted by Gasteiger charge is 2.23. The Morgan fingerprint density at radius 1 is 1.11 bits per heavy atom. The maximum Gasteiger partial charge on any atom is 0.260 e. The Balaban J connectivity index is 2.18. The number of carbonyl (C=O) groups is 1. The van der Waals surface area contributed by atoms with Gasteiger partial charge in [-0.2, -0.15) is 5.10 Å². The number of benzene rings is 2. The minimum absolute atomic E-state index is 0.357. The van der Waals surface area contributed by atoms with Crippen LogP contribution in [0.15, 0.2) is 47.6 Å². The van der Waals surface area contributed by atoms with E-state index in [1.807, 2.05) is 44.2 Å². The molecule has 0 spiro atoms. The Morgan fingerprint density at radius 3 is 2.18 bits per heavy atom. The van der Waals surface area contributed by atoms with Crippen LogP contribution in [-0.4, -0.2) is 39.9 Å². The lowest BCUT2D eigenvalue weighted by molar-refractivity contribution is -0.119. The van der Waals surface area contributed by atoms with Gasteiger partial charge in [-0.25, -0.2) is 13.8 Å². The summed E-state index contributed by atoms with van der Waals surface area (Å²) in [4.78, 5) is 12.4. The summed E-state index contributed by atoms with van der Waals surface area (Å²) in [6.07, 6.45) is 1.08. The van der Waals surface area contributed by atoms with Crippen molar-refractivity contribution in [3.05, 3.63) is 59.2 Å². The molecule has 0 saturated heterocycles. The largest absolute Gasteiger partial charge is 0.497 e. The molecule has 1 N–H and O–H groups in total. The van der Waals surface area contributed by atoms with E-state index in [4.69, 9.17) is 4.74 Å². The summed E-state index contributed by atoms with van der Waals surface area (Å²) in [5.41, 5.74) is 5.90. The van der Waals surface area contributed by atoms with Crippen molar-refractivity contribution in [1.29, 1.82) is 0 Å². The predicted octanol–water partition coefficient (Wildman–Crippen LogP) is 2.62. The van der Waals surface area contributed by atoms with Gasteiger partial charge in [-0.1, -0.05) is 18.2 Å². The third-order valence-electron chi connectivity index (χ3n) is 4.23. The molecular formula is C20H25N3O4S. The van der Waals surface area contributed by atoms with Gasteiger partial charge in [-0.15, -0.1) is 0 Å². The van der Waals surface area contributed by atoms with Gasteiger partial charge in [-0.3, -0.25) is 9.10 Å². The number of nitrogens with zero attached hydrogens (tertiary/aromatic N) is 2. The number of hydrogen-bond donors (Lipinski definition) is 1. The van der Waals surface area contributed by atoms with Gasteiger partial charge in [0.25, 0.3) is 5.91 Å². The summed E-state index contributed by atoms with van der Waals surface area (Å²) in [7, 11) is -2.06. The molecule has 2 aromatic carbocycles. The number of carbonyl (C=O) groups excluding carboxylic acids is 1. The standard InChI is InChI=1S/C20H25N3O4S/c1-14-7-6-8-15(2)20(14)23(28(5,25)26)13-19(24)22-21-16(3)17-9-11-18(27-4)12-10-17/h6-12H,13H2,1-5H3,(H,22,24)/b21-16-. The van der Waals surface area contributed by atoms with Gasteiger partial charge in [0.2, 0.25) is 10.0 Å². The molecule has 0 heterocycles. The van der Waals surface area contributed by atoms with E-state index in [1.54, 1.807) is 26.2 Å². The molecule has 0 radical (unpaired) electrons. The molecule has 0 bridgehead atoms. The number of rotatable bonds is 7. The van der Waals surface area contributed by atoms with Crippen LogP contribution in [-0.2, 0) is 14.8 Å². The molecule has 28 heavy (non-hydrogen) atoms. The Hall–Kier alpha value is -2.87. The van der Waals surface area contributed by atoms with Crippen LogP contribution in [0.1, 0.15) is 23.6 Å². The summed E-state index contributed by atoms with van der Waals surface area (Å²) < 4.78 is 30.8. The molecule has 2 rings (SSSR count). The summed E-state index contributed by atoms with van der Waals surface area (Å²) in [6, 6.07) is 12.7. The van der Waals surface area contributed by atoms with Gasteiger partial charge < -0.3 is 4.74 Å². The van der Waals surface area contributed by atoms with E-state index in [-0.39, 0.29) is 6.54 Å². The van der Waals surface area contributed by atoms with Crippen LogP contribution < -0.4 is 14.5 Å². The number of hydrogen-bond acceptors (Lipinski definition) is 5. The molecule has 1 amide bonds. The van der Waals surface area contributed by atoms with Crippen molar-refractivity contribution in [1.82, 2.24) is 5.43 Å². The van der Waals surface area contributed by atoms with Crippen molar-refractivity contribution in [2.75, 3.05) is 24.2 Å². The zero-order valence-corrected chi connectivity index (χ0v) is 17.5. The lowest BCUT2D eigenvalue weighted by atomic mass is 10.1. The van der Waals surface area contributed by atoms with Crippen molar-refractivity contribution < 1.29 is 17.9 Å². The van der Waals surface area contributed by atoms with Gasteiger partial charge in [0.15, 0.2) is 0 Å². The number of nitrogens with one attached hydrogen (secondary N) is 1. The molecule has 0 atom stereocenters. The lowest BCUT2D eigenvalue weighted by Crippen LogP contribution is -2.40. The second kappa shape index (κ2) is 8.88. The number of hydrazone groups is 1. The van der Waals surface area contributed by atoms with Crippen molar-refractivity contribution in [3.8, 4) is 5.75 Å². The van der Waals surface area contributed by atoms with Crippen LogP contribution >= 0.6 is 0 Å². The molecule has 0 aromatic heterocycles. The third-order valence-corrected chi connectivity index (χ3v) is 5.34. The van der Waals surface area contributed by atoms with Crippen molar-refractivity contribution in [3.63, 3.8) is 0 Å². The summed E-state index contributed by atoms with van der Waals surface area (Å²) in [5.74, 6) is 0.193. The molecular weight excluding hydrogens is 378 g/mol. The number of sulfonamides is 1.